The predicted molar refractivity (Wildman–Crippen MR) is 118 cm³/mol. The van der Waals surface area contributed by atoms with Crippen LogP contribution in [0, 0.1) is 0 Å². The van der Waals surface area contributed by atoms with Crippen molar-refractivity contribution < 1.29 is 4.79 Å². The van der Waals surface area contributed by atoms with Crippen LogP contribution in [-0.4, -0.2) is 39.9 Å². The molecule has 3 aromatic carbocycles. The Balaban J connectivity index is 2.24. The maximum absolute atomic E-state index is 13.0. The Morgan fingerprint density at radius 3 is 1.81 bits per heavy atom. The molecule has 0 saturated heterocycles. The monoisotopic (exact) mass is 439 g/mol. The van der Waals surface area contributed by atoms with Crippen LogP contribution in [0.4, 0.5) is 0 Å². The number of hydrogen-bond donors (Lipinski definition) is 0. The average Bonchev–Trinajstić information content (AvgIpc) is 2.72. The Morgan fingerprint density at radius 2 is 1.30 bits per heavy atom. The molecule has 0 aliphatic rings. The van der Waals surface area contributed by atoms with Gasteiger partial charge in [0.2, 0.25) is 0 Å². The van der Waals surface area contributed by atoms with Crippen molar-refractivity contribution in [2.24, 2.45) is 0 Å². The van der Waals surface area contributed by atoms with Crippen molar-refractivity contribution in [2.75, 3.05) is 14.1 Å². The van der Waals surface area contributed by atoms with Gasteiger partial charge < -0.3 is 0 Å². The standard InChI is InChI=1S/C23H22NOPSe/c1-24(2)18-17-22(25)21-15-9-10-16-23(21)26(27,19-11-5-3-6-12-19)20-13-7-4-8-14-20/h3-18H,1-2H3/b18-17+. The van der Waals surface area contributed by atoms with Gasteiger partial charge in [0, 0.05) is 0 Å². The van der Waals surface area contributed by atoms with Gasteiger partial charge in [-0.05, 0) is 0 Å². The SMILES string of the molecule is CN(C)/C=C/C(=O)c1ccccc1P(=[Se])(c1ccccc1)c1ccccc1. The van der Waals surface area contributed by atoms with Gasteiger partial charge in [-0.15, -0.1) is 0 Å². The first-order valence-corrected chi connectivity index (χ1v) is 12.7. The van der Waals surface area contributed by atoms with Crippen molar-refractivity contribution >= 4 is 42.3 Å². The summed E-state index contributed by atoms with van der Waals surface area (Å²) >= 11 is 3.52. The number of rotatable bonds is 6. The van der Waals surface area contributed by atoms with Crippen LogP contribution >= 0.6 is 5.51 Å². The third-order valence-corrected chi connectivity index (χ3v) is 11.3. The number of nitrogens with zero attached hydrogens (tertiary/aromatic N) is 1. The molecule has 0 N–H and O–H groups in total. The third-order valence-electron chi connectivity index (χ3n) is 4.27. The normalized spacial score (nSPS) is 11.5. The molecule has 3 rings (SSSR count). The minimum absolute atomic E-state index is 0.0192. The topological polar surface area (TPSA) is 20.3 Å². The summed E-state index contributed by atoms with van der Waals surface area (Å²) in [5.74, 6) is 0.0192. The van der Waals surface area contributed by atoms with E-state index in [1.54, 1.807) is 12.3 Å². The molecule has 136 valence electrons. The molecule has 0 atom stereocenters. The first kappa shape index (κ1) is 19.6. The Kier molecular flexibility index (Phi) is 6.29. The van der Waals surface area contributed by atoms with Crippen LogP contribution in [0.3, 0.4) is 0 Å². The minimum atomic E-state index is -2.06. The second-order valence-electron chi connectivity index (χ2n) is 6.44. The zero-order valence-corrected chi connectivity index (χ0v) is 18.1. The molecule has 0 spiro atoms. The van der Waals surface area contributed by atoms with Crippen LogP contribution in [0.25, 0.3) is 0 Å². The summed E-state index contributed by atoms with van der Waals surface area (Å²) in [5, 5.41) is 3.50. The summed E-state index contributed by atoms with van der Waals surface area (Å²) in [6.45, 7) is 0. The van der Waals surface area contributed by atoms with Crippen LogP contribution in [0.15, 0.2) is 97.2 Å². The Morgan fingerprint density at radius 1 is 0.815 bits per heavy atom. The van der Waals surface area contributed by atoms with E-state index in [0.29, 0.717) is 0 Å². The summed E-state index contributed by atoms with van der Waals surface area (Å²) in [6.07, 6.45) is 3.43. The second kappa shape index (κ2) is 8.67. The molecule has 0 saturated carbocycles. The fourth-order valence-electron chi connectivity index (χ4n) is 2.97. The fourth-order valence-corrected chi connectivity index (χ4v) is 8.36. The first-order chi connectivity index (χ1) is 13.0. The van der Waals surface area contributed by atoms with Gasteiger partial charge in [-0.25, -0.2) is 0 Å². The van der Waals surface area contributed by atoms with Gasteiger partial charge in [0.05, 0.1) is 0 Å². The van der Waals surface area contributed by atoms with Gasteiger partial charge in [0.25, 0.3) is 0 Å². The van der Waals surface area contributed by atoms with Gasteiger partial charge in [-0.3, -0.25) is 0 Å². The predicted octanol–water partition coefficient (Wildman–Crippen LogP) is 3.32. The number of carbonyl (C=O) groups is 1. The van der Waals surface area contributed by atoms with Gasteiger partial charge >= 0.3 is 169 Å². The van der Waals surface area contributed by atoms with Crippen LogP contribution in [0.2, 0.25) is 0 Å². The fraction of sp³-hybridized carbons (Fsp3) is 0.0870. The Bertz CT molecular complexity index is 954. The maximum atomic E-state index is 13.0. The number of allylic oxidation sites excluding steroid dienone is 1. The molecule has 0 unspecified atom stereocenters. The van der Waals surface area contributed by atoms with Crippen molar-refractivity contribution in [1.29, 1.82) is 0 Å². The van der Waals surface area contributed by atoms with Gasteiger partial charge in [-0.1, -0.05) is 0 Å². The van der Waals surface area contributed by atoms with E-state index >= 15 is 0 Å². The van der Waals surface area contributed by atoms with Gasteiger partial charge in [-0.2, -0.15) is 0 Å². The third kappa shape index (κ3) is 4.22. The zero-order chi connectivity index (χ0) is 19.3. The van der Waals surface area contributed by atoms with E-state index in [0.717, 1.165) is 10.9 Å². The van der Waals surface area contributed by atoms with Crippen molar-refractivity contribution in [2.45, 2.75) is 0 Å². The van der Waals surface area contributed by atoms with E-state index in [4.69, 9.17) is 0 Å². The molecule has 27 heavy (non-hydrogen) atoms. The Labute approximate surface area is 168 Å². The van der Waals surface area contributed by atoms with Crippen molar-refractivity contribution in [1.82, 2.24) is 4.90 Å². The van der Waals surface area contributed by atoms with Crippen LogP contribution in [0.5, 0.6) is 0 Å². The molecule has 4 heteroatoms. The Hall–Kier alpha value is -2.18. The summed E-state index contributed by atoms with van der Waals surface area (Å²) in [6, 6.07) is 28.8. The molecule has 0 bridgehead atoms. The molecule has 0 aromatic heterocycles. The van der Waals surface area contributed by atoms with Crippen LogP contribution in [-0.2, 0) is 0 Å². The van der Waals surface area contributed by atoms with E-state index in [1.807, 2.05) is 49.3 Å². The molecule has 3 aromatic rings. The summed E-state index contributed by atoms with van der Waals surface area (Å²) in [5.41, 5.74) is -1.31. The number of benzene rings is 3. The first-order valence-electron chi connectivity index (χ1n) is 8.73. The van der Waals surface area contributed by atoms with Crippen molar-refractivity contribution in [3.05, 3.63) is 103 Å². The summed E-state index contributed by atoms with van der Waals surface area (Å²) in [4.78, 5) is 14.8. The summed E-state index contributed by atoms with van der Waals surface area (Å²) < 4.78 is 0. The molecule has 0 aliphatic heterocycles. The zero-order valence-electron chi connectivity index (χ0n) is 15.4. The van der Waals surface area contributed by atoms with Crippen molar-refractivity contribution in [3.63, 3.8) is 0 Å². The van der Waals surface area contributed by atoms with Crippen LogP contribution in [0.1, 0.15) is 10.4 Å². The van der Waals surface area contributed by atoms with Crippen LogP contribution < -0.4 is 15.9 Å². The number of carbonyl (C=O) groups excluding carboxylic acids is 1. The van der Waals surface area contributed by atoms with E-state index in [-0.39, 0.29) is 5.78 Å². The quantitative estimate of drug-likeness (QED) is 0.255. The molecular weight excluding hydrogens is 416 g/mol. The number of ketones is 1. The van der Waals surface area contributed by atoms with E-state index in [2.05, 4.69) is 69.7 Å². The molecule has 0 heterocycles. The number of hydrogen-bond acceptors (Lipinski definition) is 2. The van der Waals surface area contributed by atoms with E-state index in [1.165, 1.54) is 10.6 Å². The van der Waals surface area contributed by atoms with Crippen molar-refractivity contribution in [3.8, 4) is 0 Å². The van der Waals surface area contributed by atoms with Gasteiger partial charge in [0.1, 0.15) is 0 Å². The molecule has 0 aliphatic carbocycles. The molecular formula is C23H22NOPSe. The molecule has 0 amide bonds. The summed E-state index contributed by atoms with van der Waals surface area (Å²) in [7, 11) is 3.82. The second-order valence-corrected chi connectivity index (χ2v) is 12.6. The molecule has 0 radical (unpaired) electrons. The molecule has 2 nitrogen and oxygen atoms in total. The van der Waals surface area contributed by atoms with Gasteiger partial charge in [0.15, 0.2) is 0 Å². The average molecular weight is 438 g/mol. The van der Waals surface area contributed by atoms with E-state index < -0.39 is 5.51 Å². The van der Waals surface area contributed by atoms with E-state index in [9.17, 15) is 4.79 Å². The molecule has 0 fully saturated rings.